The van der Waals surface area contributed by atoms with Crippen molar-refractivity contribution in [1.29, 1.82) is 0 Å². The largest absolute Gasteiger partial charge is 0.383 e. The van der Waals surface area contributed by atoms with Crippen molar-refractivity contribution in [2.45, 2.75) is 6.10 Å². The van der Waals surface area contributed by atoms with E-state index in [-0.39, 0.29) is 0 Å². The second-order valence-corrected chi connectivity index (χ2v) is 4.96. The first kappa shape index (κ1) is 12.6. The van der Waals surface area contributed by atoms with Gasteiger partial charge in [0.15, 0.2) is 0 Å². The molecule has 0 aliphatic rings. The molecule has 0 saturated carbocycles. The van der Waals surface area contributed by atoms with Crippen molar-refractivity contribution < 1.29 is 18.3 Å². The van der Waals surface area contributed by atoms with Gasteiger partial charge in [-0.25, -0.2) is 13.2 Å². The average molecular weight is 323 g/mol. The molecule has 1 N–H and O–H groups in total. The van der Waals surface area contributed by atoms with Crippen LogP contribution in [0.25, 0.3) is 0 Å². The van der Waals surface area contributed by atoms with E-state index in [1.807, 2.05) is 0 Å². The number of aliphatic hydroxyl groups is 1. The molecule has 17 heavy (non-hydrogen) atoms. The number of hydrogen-bond acceptors (Lipinski definition) is 2. The van der Waals surface area contributed by atoms with E-state index < -0.39 is 29.1 Å². The summed E-state index contributed by atoms with van der Waals surface area (Å²) in [5.41, 5.74) is -0.204. The SMILES string of the molecule is OC(c1cscc1Br)c1c(F)cc(F)cc1F. The summed E-state index contributed by atoms with van der Waals surface area (Å²) in [5, 5.41) is 13.1. The summed E-state index contributed by atoms with van der Waals surface area (Å²) in [7, 11) is 0. The van der Waals surface area contributed by atoms with Crippen LogP contribution < -0.4 is 0 Å². The summed E-state index contributed by atoms with van der Waals surface area (Å²) in [6.07, 6.45) is -1.46. The molecule has 90 valence electrons. The molecule has 1 nitrogen and oxygen atoms in total. The minimum Gasteiger partial charge on any atom is -0.383 e. The number of benzene rings is 1. The molecule has 0 aliphatic heterocycles. The Bertz CT molecular complexity index is 532. The lowest BCUT2D eigenvalue weighted by Crippen LogP contribution is -2.06. The maximum absolute atomic E-state index is 13.4. The Morgan fingerprint density at radius 2 is 1.71 bits per heavy atom. The summed E-state index contributed by atoms with van der Waals surface area (Å²) in [4.78, 5) is 0. The average Bonchev–Trinajstić information content (AvgIpc) is 2.62. The third kappa shape index (κ3) is 2.38. The fourth-order valence-corrected chi connectivity index (χ4v) is 2.99. The molecule has 0 fully saturated rings. The van der Waals surface area contributed by atoms with Crippen LogP contribution >= 0.6 is 27.3 Å². The lowest BCUT2D eigenvalue weighted by atomic mass is 10.0. The molecule has 0 spiro atoms. The molecule has 1 aromatic heterocycles. The van der Waals surface area contributed by atoms with Crippen LogP contribution in [0.3, 0.4) is 0 Å². The first-order valence-electron chi connectivity index (χ1n) is 4.54. The zero-order valence-corrected chi connectivity index (χ0v) is 10.7. The highest BCUT2D eigenvalue weighted by Crippen LogP contribution is 2.33. The van der Waals surface area contributed by atoms with Crippen molar-refractivity contribution in [2.24, 2.45) is 0 Å². The number of rotatable bonds is 2. The van der Waals surface area contributed by atoms with Crippen molar-refractivity contribution in [3.8, 4) is 0 Å². The van der Waals surface area contributed by atoms with Gasteiger partial charge in [-0.1, -0.05) is 0 Å². The maximum atomic E-state index is 13.4. The molecule has 0 saturated heterocycles. The van der Waals surface area contributed by atoms with E-state index in [2.05, 4.69) is 15.9 Å². The van der Waals surface area contributed by atoms with Crippen LogP contribution in [0.15, 0.2) is 27.4 Å². The van der Waals surface area contributed by atoms with Gasteiger partial charge in [0, 0.05) is 27.5 Å². The van der Waals surface area contributed by atoms with Crippen LogP contribution in [0.5, 0.6) is 0 Å². The van der Waals surface area contributed by atoms with Gasteiger partial charge >= 0.3 is 0 Å². The van der Waals surface area contributed by atoms with Gasteiger partial charge in [-0.05, 0) is 21.3 Å². The summed E-state index contributed by atoms with van der Waals surface area (Å²) in [6, 6.07) is 1.09. The van der Waals surface area contributed by atoms with Crippen LogP contribution in [0.1, 0.15) is 17.2 Å². The first-order chi connectivity index (χ1) is 8.00. The highest BCUT2D eigenvalue weighted by Gasteiger charge is 2.23. The Morgan fingerprint density at radius 1 is 1.12 bits per heavy atom. The van der Waals surface area contributed by atoms with E-state index in [0.29, 0.717) is 22.2 Å². The van der Waals surface area contributed by atoms with Crippen molar-refractivity contribution in [3.05, 3.63) is 55.9 Å². The van der Waals surface area contributed by atoms with Crippen LogP contribution in [0.2, 0.25) is 0 Å². The third-order valence-corrected chi connectivity index (χ3v) is 4.01. The molecular weight excluding hydrogens is 317 g/mol. The van der Waals surface area contributed by atoms with Gasteiger partial charge < -0.3 is 5.11 Å². The lowest BCUT2D eigenvalue weighted by Gasteiger charge is -2.12. The Balaban J connectivity index is 2.51. The van der Waals surface area contributed by atoms with E-state index in [0.717, 1.165) is 0 Å². The van der Waals surface area contributed by atoms with E-state index >= 15 is 0 Å². The normalized spacial score (nSPS) is 12.8. The van der Waals surface area contributed by atoms with Crippen molar-refractivity contribution in [2.75, 3.05) is 0 Å². The van der Waals surface area contributed by atoms with Crippen LogP contribution in [0, 0.1) is 17.5 Å². The number of halogens is 4. The minimum atomic E-state index is -1.46. The Labute approximate surface area is 108 Å². The molecule has 6 heteroatoms. The summed E-state index contributed by atoms with van der Waals surface area (Å²) >= 11 is 4.44. The van der Waals surface area contributed by atoms with Gasteiger partial charge in [-0.3, -0.25) is 0 Å². The monoisotopic (exact) mass is 322 g/mol. The second kappa shape index (κ2) is 4.80. The molecule has 0 amide bonds. The van der Waals surface area contributed by atoms with Crippen molar-refractivity contribution in [3.63, 3.8) is 0 Å². The molecule has 0 radical (unpaired) electrons. The van der Waals surface area contributed by atoms with Crippen LogP contribution in [0.4, 0.5) is 13.2 Å². The van der Waals surface area contributed by atoms with Gasteiger partial charge in [0.05, 0.1) is 5.56 Å². The second-order valence-electron chi connectivity index (χ2n) is 3.36. The van der Waals surface area contributed by atoms with Crippen LogP contribution in [-0.4, -0.2) is 5.11 Å². The molecule has 2 aromatic rings. The van der Waals surface area contributed by atoms with Crippen LogP contribution in [-0.2, 0) is 0 Å². The van der Waals surface area contributed by atoms with E-state index in [9.17, 15) is 18.3 Å². The Kier molecular flexibility index (Phi) is 3.56. The Hall–Kier alpha value is -0.850. The van der Waals surface area contributed by atoms with Crippen molar-refractivity contribution >= 4 is 27.3 Å². The Morgan fingerprint density at radius 3 is 2.18 bits per heavy atom. The lowest BCUT2D eigenvalue weighted by molar-refractivity contribution is 0.208. The number of aliphatic hydroxyl groups excluding tert-OH is 1. The zero-order valence-electron chi connectivity index (χ0n) is 8.25. The quantitative estimate of drug-likeness (QED) is 0.885. The van der Waals surface area contributed by atoms with Crippen molar-refractivity contribution in [1.82, 2.24) is 0 Å². The first-order valence-corrected chi connectivity index (χ1v) is 6.28. The minimum absolute atomic E-state index is 0.347. The molecule has 1 heterocycles. The molecule has 1 aromatic carbocycles. The summed E-state index contributed by atoms with van der Waals surface area (Å²) < 4.78 is 40.1. The fraction of sp³-hybridized carbons (Fsp3) is 0.0909. The molecule has 0 aliphatic carbocycles. The van der Waals surface area contributed by atoms with Gasteiger partial charge in [-0.2, -0.15) is 11.3 Å². The highest BCUT2D eigenvalue weighted by atomic mass is 79.9. The van der Waals surface area contributed by atoms with E-state index in [1.165, 1.54) is 11.3 Å². The summed E-state index contributed by atoms with van der Waals surface area (Å²) in [6.45, 7) is 0. The zero-order chi connectivity index (χ0) is 12.6. The fourth-order valence-electron chi connectivity index (χ4n) is 1.46. The smallest absolute Gasteiger partial charge is 0.135 e. The molecule has 0 bridgehead atoms. The van der Waals surface area contributed by atoms with Gasteiger partial charge in [0.2, 0.25) is 0 Å². The number of thiophene rings is 1. The maximum Gasteiger partial charge on any atom is 0.135 e. The molecule has 1 unspecified atom stereocenters. The number of hydrogen-bond donors (Lipinski definition) is 1. The predicted molar refractivity (Wildman–Crippen MR) is 62.4 cm³/mol. The van der Waals surface area contributed by atoms with E-state index in [4.69, 9.17) is 0 Å². The topological polar surface area (TPSA) is 20.2 Å². The molecule has 2 rings (SSSR count). The highest BCUT2D eigenvalue weighted by molar-refractivity contribution is 9.10. The predicted octanol–water partition coefficient (Wildman–Crippen LogP) is 4.01. The summed E-state index contributed by atoms with van der Waals surface area (Å²) in [5.74, 6) is -3.22. The third-order valence-electron chi connectivity index (χ3n) is 2.25. The molecule has 1 atom stereocenters. The van der Waals surface area contributed by atoms with Gasteiger partial charge in [0.1, 0.15) is 23.6 Å². The van der Waals surface area contributed by atoms with E-state index in [1.54, 1.807) is 10.8 Å². The van der Waals surface area contributed by atoms with Gasteiger partial charge in [0.25, 0.3) is 0 Å². The molecular formula is C11H6BrF3OS. The standard InChI is InChI=1S/C11H6BrF3OS/c12-7-4-17-3-6(7)11(16)10-8(14)1-5(13)2-9(10)15/h1-4,11,16H. The van der Waals surface area contributed by atoms with Gasteiger partial charge in [-0.15, -0.1) is 0 Å².